The highest BCUT2D eigenvalue weighted by atomic mass is 19.4. The lowest BCUT2D eigenvalue weighted by Crippen LogP contribution is -2.34. The fourth-order valence-corrected chi connectivity index (χ4v) is 5.38. The molecule has 0 atom stereocenters. The molecule has 1 aliphatic heterocycles. The summed E-state index contributed by atoms with van der Waals surface area (Å²) in [7, 11) is 0. The smallest absolute Gasteiger partial charge is 0.475 e. The highest BCUT2D eigenvalue weighted by molar-refractivity contribution is 6.04. The van der Waals surface area contributed by atoms with E-state index in [1.807, 2.05) is 24.3 Å². The van der Waals surface area contributed by atoms with Crippen molar-refractivity contribution in [1.29, 1.82) is 0 Å². The van der Waals surface area contributed by atoms with Gasteiger partial charge in [0.05, 0.1) is 0 Å². The molecule has 1 heterocycles. The van der Waals surface area contributed by atoms with Crippen molar-refractivity contribution >= 4 is 17.6 Å². The second-order valence-electron chi connectivity index (χ2n) is 12.2. The van der Waals surface area contributed by atoms with Crippen molar-refractivity contribution < 1.29 is 27.9 Å². The highest BCUT2D eigenvalue weighted by Gasteiger charge is 2.38. The summed E-state index contributed by atoms with van der Waals surface area (Å²) >= 11 is 0. The number of nitrogens with one attached hydrogen (secondary N) is 1. The van der Waals surface area contributed by atoms with Crippen LogP contribution in [0.2, 0.25) is 0 Å². The number of hydrogen-bond acceptors (Lipinski definition) is 4. The average molecular weight is 576 g/mol. The lowest BCUT2D eigenvalue weighted by Gasteiger charge is -2.29. The molecule has 9 heteroatoms. The molecule has 0 aromatic heterocycles. The molecule has 0 bridgehead atoms. The van der Waals surface area contributed by atoms with Gasteiger partial charge in [0.15, 0.2) is 0 Å². The van der Waals surface area contributed by atoms with E-state index >= 15 is 0 Å². The van der Waals surface area contributed by atoms with Crippen LogP contribution in [-0.2, 0) is 16.8 Å². The van der Waals surface area contributed by atoms with Crippen LogP contribution in [-0.4, -0.2) is 65.7 Å². The van der Waals surface area contributed by atoms with Crippen LogP contribution in [0.15, 0.2) is 48.5 Å². The first kappa shape index (κ1) is 32.6. The van der Waals surface area contributed by atoms with Crippen LogP contribution >= 0.6 is 0 Å². The zero-order chi connectivity index (χ0) is 30.0. The molecule has 2 N–H and O–H groups in total. The normalized spacial score (nSPS) is 17.7. The SMILES string of the molecule is CC(C)(C)c1ccc(NC(=O)c2ccc(CN3CCCN(CC4CCCCC4)CC3)cc2)cc1.O=C(O)C(F)(F)F. The first-order valence-electron chi connectivity index (χ1n) is 14.6. The van der Waals surface area contributed by atoms with Crippen LogP contribution in [0.3, 0.4) is 0 Å². The number of alkyl halides is 3. The highest BCUT2D eigenvalue weighted by Crippen LogP contribution is 2.25. The molecule has 1 amide bonds. The van der Waals surface area contributed by atoms with Gasteiger partial charge in [-0.25, -0.2) is 4.79 Å². The van der Waals surface area contributed by atoms with Gasteiger partial charge in [-0.05, 0) is 79.1 Å². The van der Waals surface area contributed by atoms with E-state index in [-0.39, 0.29) is 11.3 Å². The third-order valence-electron chi connectivity index (χ3n) is 7.80. The number of nitrogens with zero attached hydrogens (tertiary/aromatic N) is 2. The van der Waals surface area contributed by atoms with Crippen molar-refractivity contribution in [3.63, 3.8) is 0 Å². The van der Waals surface area contributed by atoms with E-state index < -0.39 is 12.1 Å². The Bertz CT molecular complexity index is 1110. The van der Waals surface area contributed by atoms with Crippen molar-refractivity contribution in [2.45, 2.75) is 77.4 Å². The van der Waals surface area contributed by atoms with Gasteiger partial charge in [0.1, 0.15) is 0 Å². The van der Waals surface area contributed by atoms with Gasteiger partial charge in [-0.3, -0.25) is 9.69 Å². The Morgan fingerprint density at radius 1 is 0.829 bits per heavy atom. The number of carboxylic acids is 1. The zero-order valence-corrected chi connectivity index (χ0v) is 24.5. The first-order chi connectivity index (χ1) is 19.3. The number of anilines is 1. The Kier molecular flexibility index (Phi) is 11.8. The van der Waals surface area contributed by atoms with E-state index in [9.17, 15) is 18.0 Å². The van der Waals surface area contributed by atoms with E-state index in [1.165, 1.54) is 69.3 Å². The quantitative estimate of drug-likeness (QED) is 0.390. The number of rotatable bonds is 6. The maximum Gasteiger partial charge on any atom is 0.490 e. The summed E-state index contributed by atoms with van der Waals surface area (Å²) in [4.78, 5) is 26.9. The second-order valence-corrected chi connectivity index (χ2v) is 12.2. The second kappa shape index (κ2) is 14.8. The van der Waals surface area contributed by atoms with Crippen LogP contribution in [0.5, 0.6) is 0 Å². The lowest BCUT2D eigenvalue weighted by molar-refractivity contribution is -0.192. The molecule has 2 aromatic carbocycles. The summed E-state index contributed by atoms with van der Waals surface area (Å²) in [5.74, 6) is -1.88. The zero-order valence-electron chi connectivity index (χ0n) is 24.5. The summed E-state index contributed by atoms with van der Waals surface area (Å²) in [5.41, 5.74) is 4.20. The molecular formula is C32H44F3N3O3. The molecule has 2 aromatic rings. The number of benzene rings is 2. The Balaban J connectivity index is 0.000000587. The summed E-state index contributed by atoms with van der Waals surface area (Å²) in [5, 5.41) is 10.2. The largest absolute Gasteiger partial charge is 0.490 e. The van der Waals surface area contributed by atoms with Gasteiger partial charge < -0.3 is 15.3 Å². The number of hydrogen-bond donors (Lipinski definition) is 2. The van der Waals surface area contributed by atoms with E-state index in [4.69, 9.17) is 9.90 Å². The van der Waals surface area contributed by atoms with Crippen LogP contribution < -0.4 is 5.32 Å². The maximum atomic E-state index is 12.7. The minimum absolute atomic E-state index is 0.0526. The van der Waals surface area contributed by atoms with Crippen molar-refractivity contribution in [2.75, 3.05) is 38.0 Å². The maximum absolute atomic E-state index is 12.7. The molecule has 2 aliphatic rings. The minimum Gasteiger partial charge on any atom is -0.475 e. The van der Waals surface area contributed by atoms with Crippen molar-refractivity contribution in [1.82, 2.24) is 9.80 Å². The van der Waals surface area contributed by atoms with Gasteiger partial charge in [-0.2, -0.15) is 13.2 Å². The molecule has 0 radical (unpaired) electrons. The summed E-state index contributed by atoms with van der Waals surface area (Å²) in [6, 6.07) is 16.3. The first-order valence-corrected chi connectivity index (χ1v) is 14.6. The number of carbonyl (C=O) groups is 2. The molecule has 1 saturated carbocycles. The van der Waals surface area contributed by atoms with E-state index in [1.54, 1.807) is 0 Å². The minimum atomic E-state index is -5.08. The fraction of sp³-hybridized carbons (Fsp3) is 0.562. The third-order valence-corrected chi connectivity index (χ3v) is 7.80. The third kappa shape index (κ3) is 11.1. The number of amides is 1. The molecule has 226 valence electrons. The number of carboxylic acid groups (broad SMARTS) is 1. The number of carbonyl (C=O) groups excluding carboxylic acids is 1. The summed E-state index contributed by atoms with van der Waals surface area (Å²) < 4.78 is 31.7. The Hall–Kier alpha value is -2.91. The molecular weight excluding hydrogens is 531 g/mol. The monoisotopic (exact) mass is 575 g/mol. The van der Waals surface area contributed by atoms with Gasteiger partial charge in [0.25, 0.3) is 5.91 Å². The van der Waals surface area contributed by atoms with Gasteiger partial charge in [-0.15, -0.1) is 0 Å². The predicted octanol–water partition coefficient (Wildman–Crippen LogP) is 6.96. The molecule has 1 saturated heterocycles. The Labute approximate surface area is 241 Å². The predicted molar refractivity (Wildman–Crippen MR) is 156 cm³/mol. The van der Waals surface area contributed by atoms with E-state index in [0.29, 0.717) is 5.56 Å². The lowest BCUT2D eigenvalue weighted by atomic mass is 9.87. The standard InChI is InChI=1S/C30H43N3O.C2HF3O2/c1-30(2,3)27-14-16-28(17-15-27)31-29(34)26-12-10-25(11-13-26)23-33-19-7-18-32(20-21-33)22-24-8-5-4-6-9-24;3-2(4,5)1(6)7/h10-17,24H,4-9,18-23H2,1-3H3,(H,31,34);(H,6,7). The summed E-state index contributed by atoms with van der Waals surface area (Å²) in [6.07, 6.45) is 3.34. The van der Waals surface area contributed by atoms with Crippen LogP contribution in [0, 0.1) is 5.92 Å². The van der Waals surface area contributed by atoms with Crippen LogP contribution in [0.1, 0.15) is 80.8 Å². The average Bonchev–Trinajstić information content (AvgIpc) is 3.14. The molecule has 41 heavy (non-hydrogen) atoms. The molecule has 0 unspecified atom stereocenters. The Morgan fingerprint density at radius 2 is 1.39 bits per heavy atom. The molecule has 4 rings (SSSR count). The van der Waals surface area contributed by atoms with Gasteiger partial charge in [-0.1, -0.05) is 64.3 Å². The van der Waals surface area contributed by atoms with Crippen molar-refractivity contribution in [3.8, 4) is 0 Å². The number of aliphatic carboxylic acids is 1. The number of halogens is 3. The van der Waals surface area contributed by atoms with Crippen molar-refractivity contribution in [3.05, 3.63) is 65.2 Å². The van der Waals surface area contributed by atoms with Crippen molar-refractivity contribution in [2.24, 2.45) is 5.92 Å². The Morgan fingerprint density at radius 3 is 1.95 bits per heavy atom. The van der Waals surface area contributed by atoms with Crippen LogP contribution in [0.25, 0.3) is 0 Å². The molecule has 0 spiro atoms. The fourth-order valence-electron chi connectivity index (χ4n) is 5.38. The van der Waals surface area contributed by atoms with Gasteiger partial charge >= 0.3 is 12.1 Å². The van der Waals surface area contributed by atoms with E-state index in [2.05, 4.69) is 60.2 Å². The summed E-state index contributed by atoms with van der Waals surface area (Å²) in [6.45, 7) is 13.6. The van der Waals surface area contributed by atoms with Gasteiger partial charge in [0, 0.05) is 37.4 Å². The van der Waals surface area contributed by atoms with Gasteiger partial charge in [0.2, 0.25) is 0 Å². The molecule has 2 fully saturated rings. The molecule has 1 aliphatic carbocycles. The molecule has 6 nitrogen and oxygen atoms in total. The van der Waals surface area contributed by atoms with E-state index in [0.717, 1.165) is 31.2 Å². The van der Waals surface area contributed by atoms with Crippen LogP contribution in [0.4, 0.5) is 18.9 Å². The topological polar surface area (TPSA) is 72.9 Å².